The first-order valence-corrected chi connectivity index (χ1v) is 15.2. The number of thiol groups is 1. The number of carboxylic acid groups (broad SMARTS) is 1. The zero-order chi connectivity index (χ0) is 31.6. The molecule has 10 N–H and O–H groups in total. The number of hydrogen-bond donors (Lipinski definition) is 9. The van der Waals surface area contributed by atoms with Crippen LogP contribution in [0.2, 0.25) is 0 Å². The molecule has 0 aliphatic rings. The standard InChI is InChI=1S/C31H39N7O5S/c32-12-6-5-11-25(29(40)37-26(31(42)43)14-19-16-35-24-10-4-2-8-21(19)24)36-30(41)27(17-44)38-28(39)22(33)13-18-15-34-23-9-3-1-7-20(18)23/h1-4,7-10,15-16,22,25-27,34-35,44H,5-6,11-14,17,32-33H2,(H,36,41)(H,37,40)(H,38,39)(H,42,43). The minimum atomic E-state index is -1.24. The number of nitrogens with one attached hydrogen (secondary N) is 5. The van der Waals surface area contributed by atoms with Gasteiger partial charge in [-0.2, -0.15) is 12.6 Å². The molecule has 2 aromatic heterocycles. The largest absolute Gasteiger partial charge is 0.480 e. The number of H-pyrrole nitrogens is 2. The predicted molar refractivity (Wildman–Crippen MR) is 172 cm³/mol. The van der Waals surface area contributed by atoms with E-state index in [1.807, 2.05) is 48.5 Å². The number of fused-ring (bicyclic) bond motifs is 2. The van der Waals surface area contributed by atoms with Crippen molar-refractivity contribution in [2.75, 3.05) is 12.3 Å². The number of hydrogen-bond acceptors (Lipinski definition) is 7. The normalized spacial score (nSPS) is 14.1. The number of amides is 3. The summed E-state index contributed by atoms with van der Waals surface area (Å²) < 4.78 is 0. The van der Waals surface area contributed by atoms with Gasteiger partial charge in [0, 0.05) is 46.4 Å². The molecular weight excluding hydrogens is 582 g/mol. The third-order valence-corrected chi connectivity index (χ3v) is 7.93. The molecule has 234 valence electrons. The van der Waals surface area contributed by atoms with Crippen molar-refractivity contribution < 1.29 is 24.3 Å². The summed E-state index contributed by atoms with van der Waals surface area (Å²) in [7, 11) is 0. The minimum Gasteiger partial charge on any atom is -0.480 e. The Balaban J connectivity index is 1.40. The van der Waals surface area contributed by atoms with Crippen molar-refractivity contribution in [3.8, 4) is 0 Å². The van der Waals surface area contributed by atoms with Crippen molar-refractivity contribution >= 4 is 58.1 Å². The molecule has 0 fully saturated rings. The quantitative estimate of drug-likeness (QED) is 0.0662. The van der Waals surface area contributed by atoms with E-state index in [1.165, 1.54) is 0 Å². The molecule has 12 nitrogen and oxygen atoms in total. The molecule has 0 saturated heterocycles. The second-order valence-corrected chi connectivity index (χ2v) is 11.1. The first-order valence-electron chi connectivity index (χ1n) is 14.5. The van der Waals surface area contributed by atoms with Crippen LogP contribution in [-0.4, -0.2) is 75.2 Å². The zero-order valence-corrected chi connectivity index (χ0v) is 25.1. The Morgan fingerprint density at radius 3 is 1.84 bits per heavy atom. The molecule has 4 aromatic rings. The van der Waals surface area contributed by atoms with E-state index in [0.717, 1.165) is 32.9 Å². The van der Waals surface area contributed by atoms with E-state index >= 15 is 0 Å². The Labute approximate surface area is 260 Å². The fourth-order valence-electron chi connectivity index (χ4n) is 5.13. The highest BCUT2D eigenvalue weighted by Crippen LogP contribution is 2.20. The van der Waals surface area contributed by atoms with E-state index in [4.69, 9.17) is 11.5 Å². The van der Waals surface area contributed by atoms with Crippen molar-refractivity contribution in [3.63, 3.8) is 0 Å². The van der Waals surface area contributed by atoms with E-state index in [1.54, 1.807) is 12.4 Å². The first-order chi connectivity index (χ1) is 21.2. The van der Waals surface area contributed by atoms with Gasteiger partial charge in [-0.3, -0.25) is 14.4 Å². The number of carbonyl (C=O) groups is 4. The topological polar surface area (TPSA) is 208 Å². The van der Waals surface area contributed by atoms with Gasteiger partial charge in [-0.15, -0.1) is 0 Å². The lowest BCUT2D eigenvalue weighted by Crippen LogP contribution is -2.58. The molecule has 0 aliphatic carbocycles. The smallest absolute Gasteiger partial charge is 0.326 e. The second kappa shape index (κ2) is 15.4. The molecule has 4 rings (SSSR count). The van der Waals surface area contributed by atoms with Crippen molar-refractivity contribution in [3.05, 3.63) is 72.1 Å². The molecule has 2 heterocycles. The molecule has 3 amide bonds. The molecule has 4 unspecified atom stereocenters. The van der Waals surface area contributed by atoms with Crippen LogP contribution in [0.15, 0.2) is 60.9 Å². The average Bonchev–Trinajstić information content (AvgIpc) is 3.62. The highest BCUT2D eigenvalue weighted by atomic mass is 32.1. The summed E-state index contributed by atoms with van der Waals surface area (Å²) in [6.45, 7) is 0.393. The summed E-state index contributed by atoms with van der Waals surface area (Å²) in [5.74, 6) is -3.09. The van der Waals surface area contributed by atoms with Gasteiger partial charge in [0.15, 0.2) is 0 Å². The summed E-state index contributed by atoms with van der Waals surface area (Å²) >= 11 is 4.24. The third-order valence-electron chi connectivity index (χ3n) is 7.56. The Morgan fingerprint density at radius 2 is 1.27 bits per heavy atom. The van der Waals surface area contributed by atoms with Crippen LogP contribution < -0.4 is 27.4 Å². The van der Waals surface area contributed by atoms with E-state index in [-0.39, 0.29) is 25.0 Å². The van der Waals surface area contributed by atoms with Crippen LogP contribution >= 0.6 is 12.6 Å². The van der Waals surface area contributed by atoms with Crippen molar-refractivity contribution in [2.24, 2.45) is 11.5 Å². The predicted octanol–water partition coefficient (Wildman–Crippen LogP) is 1.36. The number of carboxylic acids is 1. The minimum absolute atomic E-state index is 0.0399. The van der Waals surface area contributed by atoms with Crippen LogP contribution in [-0.2, 0) is 32.0 Å². The van der Waals surface area contributed by atoms with E-state index in [0.29, 0.717) is 19.4 Å². The fraction of sp³-hybridized carbons (Fsp3) is 0.355. The monoisotopic (exact) mass is 621 g/mol. The summed E-state index contributed by atoms with van der Waals surface area (Å²) in [6.07, 6.45) is 5.15. The highest BCUT2D eigenvalue weighted by molar-refractivity contribution is 7.80. The molecule has 0 bridgehead atoms. The maximum Gasteiger partial charge on any atom is 0.326 e. The molecule has 0 radical (unpaired) electrons. The van der Waals surface area contributed by atoms with Gasteiger partial charge < -0.3 is 42.5 Å². The van der Waals surface area contributed by atoms with Crippen LogP contribution in [0.5, 0.6) is 0 Å². The van der Waals surface area contributed by atoms with Gasteiger partial charge in [0.05, 0.1) is 6.04 Å². The average molecular weight is 622 g/mol. The Kier molecular flexibility index (Phi) is 11.4. The van der Waals surface area contributed by atoms with Gasteiger partial charge in [-0.05, 0) is 55.5 Å². The van der Waals surface area contributed by atoms with Gasteiger partial charge in [0.1, 0.15) is 18.1 Å². The van der Waals surface area contributed by atoms with Gasteiger partial charge in [0.25, 0.3) is 0 Å². The van der Waals surface area contributed by atoms with Crippen LogP contribution in [0.3, 0.4) is 0 Å². The lowest BCUT2D eigenvalue weighted by atomic mass is 10.0. The number of para-hydroxylation sites is 2. The number of carbonyl (C=O) groups excluding carboxylic acids is 3. The second-order valence-electron chi connectivity index (χ2n) is 10.7. The first kappa shape index (κ1) is 32.6. The third kappa shape index (κ3) is 8.18. The molecule has 4 atom stereocenters. The number of rotatable bonds is 16. The summed E-state index contributed by atoms with van der Waals surface area (Å²) in [4.78, 5) is 57.9. The van der Waals surface area contributed by atoms with Crippen LogP contribution in [0, 0.1) is 0 Å². The van der Waals surface area contributed by atoms with E-state index in [2.05, 4.69) is 38.5 Å². The number of nitrogens with two attached hydrogens (primary N) is 2. The van der Waals surface area contributed by atoms with Gasteiger partial charge in [0.2, 0.25) is 17.7 Å². The van der Waals surface area contributed by atoms with Gasteiger partial charge >= 0.3 is 5.97 Å². The summed E-state index contributed by atoms with van der Waals surface area (Å²) in [5.41, 5.74) is 15.2. The molecule has 44 heavy (non-hydrogen) atoms. The number of unbranched alkanes of at least 4 members (excludes halogenated alkanes) is 1. The van der Waals surface area contributed by atoms with Crippen molar-refractivity contribution in [1.82, 2.24) is 25.9 Å². The molecule has 13 heteroatoms. The Morgan fingerprint density at radius 1 is 0.750 bits per heavy atom. The van der Waals surface area contributed by atoms with E-state index < -0.39 is 47.9 Å². The SMILES string of the molecule is NCCCCC(NC(=O)C(CS)NC(=O)C(N)Cc1c[nH]c2ccccc12)C(=O)NC(Cc1c[nH]c2ccccc12)C(=O)O. The summed E-state index contributed by atoms with van der Waals surface area (Å²) in [5, 5.41) is 19.6. The molecule has 2 aromatic carbocycles. The molecule has 0 spiro atoms. The van der Waals surface area contributed by atoms with Gasteiger partial charge in [-0.25, -0.2) is 4.79 Å². The lowest BCUT2D eigenvalue weighted by molar-refractivity contribution is -0.142. The number of benzene rings is 2. The maximum absolute atomic E-state index is 13.3. The van der Waals surface area contributed by atoms with Crippen LogP contribution in [0.4, 0.5) is 0 Å². The van der Waals surface area contributed by atoms with E-state index in [9.17, 15) is 24.3 Å². The van der Waals surface area contributed by atoms with Gasteiger partial charge in [-0.1, -0.05) is 36.4 Å². The number of aromatic nitrogens is 2. The highest BCUT2D eigenvalue weighted by Gasteiger charge is 2.30. The lowest BCUT2D eigenvalue weighted by Gasteiger charge is -2.24. The van der Waals surface area contributed by atoms with Crippen LogP contribution in [0.25, 0.3) is 21.8 Å². The molecule has 0 aliphatic heterocycles. The van der Waals surface area contributed by atoms with Crippen molar-refractivity contribution in [1.29, 1.82) is 0 Å². The number of aliphatic carboxylic acids is 1. The molecular formula is C31H39N7O5S. The molecule has 0 saturated carbocycles. The van der Waals surface area contributed by atoms with Crippen molar-refractivity contribution in [2.45, 2.75) is 56.3 Å². The zero-order valence-electron chi connectivity index (χ0n) is 24.2. The Hall–Kier alpha value is -4.33. The maximum atomic E-state index is 13.3. The fourth-order valence-corrected chi connectivity index (χ4v) is 5.39. The Bertz CT molecular complexity index is 1600. The number of aromatic amines is 2. The summed E-state index contributed by atoms with van der Waals surface area (Å²) in [6, 6.07) is 10.8. The van der Waals surface area contributed by atoms with Crippen LogP contribution in [0.1, 0.15) is 30.4 Å².